The first kappa shape index (κ1) is 12.5. The van der Waals surface area contributed by atoms with Gasteiger partial charge in [0.15, 0.2) is 5.17 Å². The summed E-state index contributed by atoms with van der Waals surface area (Å²) in [6.45, 7) is 4.38. The Kier molecular flexibility index (Phi) is 4.15. The number of amidine groups is 1. The van der Waals surface area contributed by atoms with Crippen molar-refractivity contribution in [2.75, 3.05) is 52.6 Å². The smallest absolute Gasteiger partial charge is 0.319 e. The highest BCUT2D eigenvalue weighted by Gasteiger charge is 2.24. The van der Waals surface area contributed by atoms with Crippen LogP contribution < -0.4 is 0 Å². The van der Waals surface area contributed by atoms with Gasteiger partial charge in [-0.2, -0.15) is 0 Å². The fourth-order valence-corrected chi connectivity index (χ4v) is 3.02. The summed E-state index contributed by atoms with van der Waals surface area (Å²) in [4.78, 5) is 22.2. The van der Waals surface area contributed by atoms with Gasteiger partial charge in [-0.3, -0.25) is 4.99 Å². The SMILES string of the molecule is CN(C)C(=O)N1CCN(C2=NCCCS2)CC1. The first-order chi connectivity index (χ1) is 8.18. The van der Waals surface area contributed by atoms with Crippen molar-refractivity contribution in [3.05, 3.63) is 0 Å². The number of rotatable bonds is 0. The Bertz CT molecular complexity index is 311. The second kappa shape index (κ2) is 5.62. The van der Waals surface area contributed by atoms with E-state index >= 15 is 0 Å². The van der Waals surface area contributed by atoms with E-state index in [2.05, 4.69) is 9.89 Å². The van der Waals surface area contributed by atoms with Gasteiger partial charge in [0, 0.05) is 52.6 Å². The highest BCUT2D eigenvalue weighted by molar-refractivity contribution is 8.13. The van der Waals surface area contributed by atoms with Crippen LogP contribution in [0.4, 0.5) is 4.79 Å². The molecule has 0 aromatic carbocycles. The van der Waals surface area contributed by atoms with Crippen molar-refractivity contribution in [2.45, 2.75) is 6.42 Å². The van der Waals surface area contributed by atoms with Crippen molar-refractivity contribution in [3.63, 3.8) is 0 Å². The monoisotopic (exact) mass is 256 g/mol. The number of hydrogen-bond donors (Lipinski definition) is 0. The predicted molar refractivity (Wildman–Crippen MR) is 71.6 cm³/mol. The molecule has 0 aliphatic carbocycles. The largest absolute Gasteiger partial charge is 0.348 e. The van der Waals surface area contributed by atoms with Crippen molar-refractivity contribution in [1.82, 2.24) is 14.7 Å². The summed E-state index contributed by atoms with van der Waals surface area (Å²) in [5.74, 6) is 1.18. The number of carbonyl (C=O) groups excluding carboxylic acids is 1. The lowest BCUT2D eigenvalue weighted by Crippen LogP contribution is -2.52. The number of urea groups is 1. The quantitative estimate of drug-likeness (QED) is 0.643. The number of piperazine rings is 1. The maximum absolute atomic E-state index is 11.8. The van der Waals surface area contributed by atoms with Crippen molar-refractivity contribution in [1.29, 1.82) is 0 Å². The number of amides is 2. The lowest BCUT2D eigenvalue weighted by atomic mass is 10.3. The summed E-state index contributed by atoms with van der Waals surface area (Å²) >= 11 is 1.85. The van der Waals surface area contributed by atoms with Crippen molar-refractivity contribution >= 4 is 23.0 Å². The van der Waals surface area contributed by atoms with E-state index in [0.717, 1.165) is 32.7 Å². The van der Waals surface area contributed by atoms with E-state index < -0.39 is 0 Å². The van der Waals surface area contributed by atoms with Crippen LogP contribution in [0.1, 0.15) is 6.42 Å². The molecule has 2 heterocycles. The van der Waals surface area contributed by atoms with Crippen LogP contribution in [0, 0.1) is 0 Å². The van der Waals surface area contributed by atoms with E-state index in [1.54, 1.807) is 19.0 Å². The van der Waals surface area contributed by atoms with E-state index in [9.17, 15) is 4.79 Å². The fourth-order valence-electron chi connectivity index (χ4n) is 2.01. The highest BCUT2D eigenvalue weighted by atomic mass is 32.2. The molecule has 0 aromatic heterocycles. The Morgan fingerprint density at radius 1 is 1.29 bits per heavy atom. The average Bonchev–Trinajstić information content (AvgIpc) is 2.39. The molecule has 6 heteroatoms. The zero-order chi connectivity index (χ0) is 12.3. The van der Waals surface area contributed by atoms with Crippen molar-refractivity contribution < 1.29 is 4.79 Å². The number of nitrogens with zero attached hydrogens (tertiary/aromatic N) is 4. The molecule has 0 radical (unpaired) electrons. The van der Waals surface area contributed by atoms with Crippen molar-refractivity contribution in [2.24, 2.45) is 4.99 Å². The van der Waals surface area contributed by atoms with E-state index in [0.29, 0.717) is 0 Å². The molecule has 17 heavy (non-hydrogen) atoms. The van der Waals surface area contributed by atoms with Crippen LogP contribution in [0.3, 0.4) is 0 Å². The summed E-state index contributed by atoms with van der Waals surface area (Å²) in [7, 11) is 3.60. The molecule has 0 N–H and O–H groups in total. The van der Waals surface area contributed by atoms with Crippen LogP contribution >= 0.6 is 11.8 Å². The molecule has 0 bridgehead atoms. The standard InChI is InChI=1S/C11H20N4OS/c1-13(2)11(16)15-7-5-14(6-8-15)10-12-4-3-9-17-10/h3-9H2,1-2H3. The minimum atomic E-state index is 0.114. The number of hydrogen-bond acceptors (Lipinski definition) is 4. The van der Waals surface area contributed by atoms with Gasteiger partial charge in [-0.25, -0.2) is 4.79 Å². The first-order valence-corrected chi connectivity index (χ1v) is 7.05. The lowest BCUT2D eigenvalue weighted by Gasteiger charge is -2.37. The summed E-state index contributed by atoms with van der Waals surface area (Å²) in [6, 6.07) is 0.114. The topological polar surface area (TPSA) is 39.2 Å². The Labute approximate surface area is 107 Å². The van der Waals surface area contributed by atoms with Gasteiger partial charge in [-0.1, -0.05) is 11.8 Å². The zero-order valence-electron chi connectivity index (χ0n) is 10.6. The third-order valence-corrected chi connectivity index (χ3v) is 4.12. The summed E-state index contributed by atoms with van der Waals surface area (Å²) in [6.07, 6.45) is 1.19. The Morgan fingerprint density at radius 3 is 2.53 bits per heavy atom. The maximum atomic E-state index is 11.8. The molecule has 2 aliphatic heterocycles. The highest BCUT2D eigenvalue weighted by Crippen LogP contribution is 2.17. The second-order valence-electron chi connectivity index (χ2n) is 4.52. The lowest BCUT2D eigenvalue weighted by molar-refractivity contribution is 0.147. The normalized spacial score (nSPS) is 21.2. The molecule has 2 amide bonds. The molecule has 0 unspecified atom stereocenters. The van der Waals surface area contributed by atoms with Crippen molar-refractivity contribution in [3.8, 4) is 0 Å². The van der Waals surface area contributed by atoms with Crippen LogP contribution in [-0.2, 0) is 0 Å². The van der Waals surface area contributed by atoms with Gasteiger partial charge in [0.05, 0.1) is 0 Å². The molecule has 0 saturated carbocycles. The van der Waals surface area contributed by atoms with Gasteiger partial charge < -0.3 is 14.7 Å². The third kappa shape index (κ3) is 3.06. The molecular formula is C11H20N4OS. The number of carbonyl (C=O) groups is 1. The second-order valence-corrected chi connectivity index (χ2v) is 5.58. The molecule has 96 valence electrons. The molecule has 0 atom stereocenters. The third-order valence-electron chi connectivity index (χ3n) is 2.98. The Hall–Kier alpha value is -0.910. The Morgan fingerprint density at radius 2 is 2.00 bits per heavy atom. The maximum Gasteiger partial charge on any atom is 0.319 e. The summed E-state index contributed by atoms with van der Waals surface area (Å²) in [5.41, 5.74) is 0. The fraction of sp³-hybridized carbons (Fsp3) is 0.818. The molecular weight excluding hydrogens is 236 g/mol. The predicted octanol–water partition coefficient (Wildman–Crippen LogP) is 0.779. The number of thioether (sulfide) groups is 1. The molecule has 2 rings (SSSR count). The van der Waals surface area contributed by atoms with Gasteiger partial charge in [0.25, 0.3) is 0 Å². The van der Waals surface area contributed by atoms with E-state index in [-0.39, 0.29) is 6.03 Å². The summed E-state index contributed by atoms with van der Waals surface area (Å²) in [5, 5.41) is 1.17. The molecule has 0 aromatic rings. The molecule has 2 aliphatic rings. The molecule has 1 saturated heterocycles. The molecule has 0 spiro atoms. The van der Waals surface area contributed by atoms with Gasteiger partial charge >= 0.3 is 6.03 Å². The minimum absolute atomic E-state index is 0.114. The zero-order valence-corrected chi connectivity index (χ0v) is 11.4. The number of aliphatic imine (C=N–C) groups is 1. The van der Waals surface area contributed by atoms with Crippen LogP contribution in [0.15, 0.2) is 4.99 Å². The van der Waals surface area contributed by atoms with Gasteiger partial charge in [0.1, 0.15) is 0 Å². The average molecular weight is 256 g/mol. The van der Waals surface area contributed by atoms with Gasteiger partial charge in [-0.15, -0.1) is 0 Å². The minimum Gasteiger partial charge on any atom is -0.348 e. The van der Waals surface area contributed by atoms with Crippen LogP contribution in [-0.4, -0.2) is 78.5 Å². The van der Waals surface area contributed by atoms with Crippen LogP contribution in [0.2, 0.25) is 0 Å². The Balaban J connectivity index is 1.85. The van der Waals surface area contributed by atoms with E-state index in [4.69, 9.17) is 0 Å². The first-order valence-electron chi connectivity index (χ1n) is 6.07. The van der Waals surface area contributed by atoms with E-state index in [1.807, 2.05) is 16.7 Å². The van der Waals surface area contributed by atoms with Crippen LogP contribution in [0.5, 0.6) is 0 Å². The molecule has 5 nitrogen and oxygen atoms in total. The van der Waals surface area contributed by atoms with Crippen LogP contribution in [0.25, 0.3) is 0 Å². The van der Waals surface area contributed by atoms with E-state index in [1.165, 1.54) is 17.3 Å². The van der Waals surface area contributed by atoms with Gasteiger partial charge in [-0.05, 0) is 6.42 Å². The van der Waals surface area contributed by atoms with Gasteiger partial charge in [0.2, 0.25) is 0 Å². The molecule has 1 fully saturated rings. The summed E-state index contributed by atoms with van der Waals surface area (Å²) < 4.78 is 0.